The van der Waals surface area contributed by atoms with E-state index in [1.54, 1.807) is 30.3 Å². The molecule has 6 nitrogen and oxygen atoms in total. The highest BCUT2D eigenvalue weighted by Crippen LogP contribution is 2.28. The highest BCUT2D eigenvalue weighted by atomic mass is 32.2. The van der Waals surface area contributed by atoms with Crippen molar-refractivity contribution >= 4 is 27.3 Å². The van der Waals surface area contributed by atoms with Crippen LogP contribution in [0.5, 0.6) is 5.75 Å². The van der Waals surface area contributed by atoms with Crippen LogP contribution in [0.1, 0.15) is 0 Å². The number of benzene rings is 3. The van der Waals surface area contributed by atoms with E-state index in [4.69, 9.17) is 4.74 Å². The van der Waals surface area contributed by atoms with E-state index in [-0.39, 0.29) is 6.54 Å². The molecule has 0 aliphatic heterocycles. The summed E-state index contributed by atoms with van der Waals surface area (Å²) in [7, 11) is -2.13. The molecule has 0 aliphatic carbocycles. The maximum Gasteiger partial charge on any atom is 0.245 e. The molecule has 0 unspecified atom stereocenters. The molecule has 0 aliphatic rings. The first-order valence-electron chi connectivity index (χ1n) is 8.94. The minimum absolute atomic E-state index is 0.339. The summed E-state index contributed by atoms with van der Waals surface area (Å²) in [5, 5.41) is 2.83. The second-order valence-electron chi connectivity index (χ2n) is 6.43. The van der Waals surface area contributed by atoms with Gasteiger partial charge in [-0.05, 0) is 35.9 Å². The molecular formula is C22H22N2O4S. The molecule has 0 saturated heterocycles. The summed E-state index contributed by atoms with van der Waals surface area (Å²) < 4.78 is 30.7. The van der Waals surface area contributed by atoms with Crippen LogP contribution in [0.4, 0.5) is 11.4 Å². The summed E-state index contributed by atoms with van der Waals surface area (Å²) in [4.78, 5) is 12.7. The lowest BCUT2D eigenvalue weighted by Gasteiger charge is -2.22. The Labute approximate surface area is 170 Å². The molecule has 0 aromatic heterocycles. The van der Waals surface area contributed by atoms with Crippen LogP contribution in [0.15, 0.2) is 78.9 Å². The van der Waals surface area contributed by atoms with Crippen LogP contribution in [-0.2, 0) is 14.8 Å². The first-order valence-corrected chi connectivity index (χ1v) is 10.8. The summed E-state index contributed by atoms with van der Waals surface area (Å²) in [6.07, 6.45) is 1.07. The number of sulfonamides is 1. The lowest BCUT2D eigenvalue weighted by molar-refractivity contribution is -0.114. The third-order valence-electron chi connectivity index (χ3n) is 4.33. The lowest BCUT2D eigenvalue weighted by Crippen LogP contribution is -2.37. The number of amides is 1. The third-order valence-corrected chi connectivity index (χ3v) is 5.47. The Balaban J connectivity index is 1.83. The molecule has 0 radical (unpaired) electrons. The fraction of sp³-hybridized carbons (Fsp3) is 0.136. The zero-order valence-electron chi connectivity index (χ0n) is 16.2. The van der Waals surface area contributed by atoms with Crippen molar-refractivity contribution in [3.63, 3.8) is 0 Å². The average Bonchev–Trinajstić information content (AvgIpc) is 2.72. The number of ether oxygens (including phenoxy) is 1. The Hall–Kier alpha value is -3.32. The van der Waals surface area contributed by atoms with Gasteiger partial charge in [-0.2, -0.15) is 0 Å². The van der Waals surface area contributed by atoms with Crippen molar-refractivity contribution in [3.8, 4) is 16.9 Å². The van der Waals surface area contributed by atoms with Crippen molar-refractivity contribution in [2.75, 3.05) is 29.5 Å². The summed E-state index contributed by atoms with van der Waals surface area (Å²) in [6, 6.07) is 23.6. The molecule has 1 amide bonds. The van der Waals surface area contributed by atoms with E-state index < -0.39 is 15.9 Å². The molecule has 150 valence electrons. The van der Waals surface area contributed by atoms with E-state index in [2.05, 4.69) is 5.32 Å². The average molecular weight is 410 g/mol. The van der Waals surface area contributed by atoms with Crippen molar-refractivity contribution in [3.05, 3.63) is 78.9 Å². The molecule has 0 fully saturated rings. The van der Waals surface area contributed by atoms with Crippen molar-refractivity contribution in [2.45, 2.75) is 0 Å². The number of carbonyl (C=O) groups excluding carboxylic acids is 1. The molecule has 0 heterocycles. The molecule has 7 heteroatoms. The Kier molecular flexibility index (Phi) is 6.19. The van der Waals surface area contributed by atoms with Crippen LogP contribution < -0.4 is 14.4 Å². The van der Waals surface area contributed by atoms with E-state index in [0.29, 0.717) is 17.1 Å². The first kappa shape index (κ1) is 20.4. The second-order valence-corrected chi connectivity index (χ2v) is 8.33. The van der Waals surface area contributed by atoms with E-state index >= 15 is 0 Å². The number of rotatable bonds is 7. The number of hydrogen-bond acceptors (Lipinski definition) is 4. The van der Waals surface area contributed by atoms with Gasteiger partial charge in [-0.3, -0.25) is 9.10 Å². The Morgan fingerprint density at radius 3 is 2.17 bits per heavy atom. The fourth-order valence-corrected chi connectivity index (χ4v) is 3.79. The zero-order chi connectivity index (χ0) is 20.9. The number of nitrogens with one attached hydrogen (secondary N) is 1. The van der Waals surface area contributed by atoms with Crippen LogP contribution in [0.3, 0.4) is 0 Å². The highest BCUT2D eigenvalue weighted by Gasteiger charge is 2.21. The van der Waals surface area contributed by atoms with Crippen molar-refractivity contribution in [2.24, 2.45) is 0 Å². The fourth-order valence-electron chi connectivity index (χ4n) is 2.93. The molecule has 1 N–H and O–H groups in total. The van der Waals surface area contributed by atoms with Gasteiger partial charge < -0.3 is 10.1 Å². The first-order chi connectivity index (χ1) is 13.9. The van der Waals surface area contributed by atoms with E-state index in [1.165, 1.54) is 7.11 Å². The largest absolute Gasteiger partial charge is 0.497 e. The standard InChI is InChI=1S/C22H22N2O4S/c1-28-19-14-12-18(13-15-19)24(29(2,26)27)16-22(25)23-21-11-7-6-10-20(21)17-8-4-3-5-9-17/h3-15H,16H2,1-2H3,(H,23,25). The van der Waals surface area contributed by atoms with Gasteiger partial charge in [-0.25, -0.2) is 8.42 Å². The highest BCUT2D eigenvalue weighted by molar-refractivity contribution is 7.92. The van der Waals surface area contributed by atoms with Gasteiger partial charge in [0.15, 0.2) is 0 Å². The number of para-hydroxylation sites is 1. The predicted octanol–water partition coefficient (Wildman–Crippen LogP) is 3.77. The van der Waals surface area contributed by atoms with Crippen LogP contribution in [0.25, 0.3) is 11.1 Å². The van der Waals surface area contributed by atoms with Crippen LogP contribution in [-0.4, -0.2) is 34.2 Å². The normalized spacial score (nSPS) is 11.0. The number of methoxy groups -OCH3 is 1. The summed E-state index contributed by atoms with van der Waals surface area (Å²) >= 11 is 0. The minimum Gasteiger partial charge on any atom is -0.497 e. The van der Waals surface area contributed by atoms with Gasteiger partial charge in [0.1, 0.15) is 12.3 Å². The van der Waals surface area contributed by atoms with Gasteiger partial charge >= 0.3 is 0 Å². The maximum absolute atomic E-state index is 12.7. The molecular weight excluding hydrogens is 388 g/mol. The quantitative estimate of drug-likeness (QED) is 0.643. The second kappa shape index (κ2) is 8.79. The van der Waals surface area contributed by atoms with Gasteiger partial charge in [0.05, 0.1) is 19.1 Å². The molecule has 3 rings (SSSR count). The van der Waals surface area contributed by atoms with Crippen LogP contribution in [0.2, 0.25) is 0 Å². The number of carbonyl (C=O) groups is 1. The van der Waals surface area contributed by atoms with Gasteiger partial charge in [0.2, 0.25) is 15.9 Å². The Morgan fingerprint density at radius 2 is 1.55 bits per heavy atom. The molecule has 3 aromatic rings. The zero-order valence-corrected chi connectivity index (χ0v) is 17.0. The summed E-state index contributed by atoms with van der Waals surface area (Å²) in [6.45, 7) is -0.339. The smallest absolute Gasteiger partial charge is 0.245 e. The van der Waals surface area contributed by atoms with Gasteiger partial charge in [-0.15, -0.1) is 0 Å². The Bertz CT molecular complexity index is 1080. The van der Waals surface area contributed by atoms with E-state index in [0.717, 1.165) is 21.7 Å². The molecule has 0 spiro atoms. The van der Waals surface area contributed by atoms with Crippen LogP contribution in [0, 0.1) is 0 Å². The van der Waals surface area contributed by atoms with Gasteiger partial charge in [-0.1, -0.05) is 48.5 Å². The molecule has 0 saturated carbocycles. The molecule has 3 aromatic carbocycles. The minimum atomic E-state index is -3.66. The third kappa shape index (κ3) is 5.14. The monoisotopic (exact) mass is 410 g/mol. The molecule has 0 atom stereocenters. The molecule has 29 heavy (non-hydrogen) atoms. The van der Waals surface area contributed by atoms with Crippen molar-refractivity contribution < 1.29 is 17.9 Å². The predicted molar refractivity (Wildman–Crippen MR) is 116 cm³/mol. The number of anilines is 2. The van der Waals surface area contributed by atoms with Crippen molar-refractivity contribution in [1.82, 2.24) is 0 Å². The number of nitrogens with zero attached hydrogens (tertiary/aromatic N) is 1. The van der Waals surface area contributed by atoms with Gasteiger partial charge in [0, 0.05) is 11.3 Å². The van der Waals surface area contributed by atoms with Crippen LogP contribution >= 0.6 is 0 Å². The molecule has 0 bridgehead atoms. The Morgan fingerprint density at radius 1 is 0.931 bits per heavy atom. The number of hydrogen-bond donors (Lipinski definition) is 1. The topological polar surface area (TPSA) is 75.7 Å². The van der Waals surface area contributed by atoms with Crippen molar-refractivity contribution in [1.29, 1.82) is 0 Å². The lowest BCUT2D eigenvalue weighted by atomic mass is 10.0. The maximum atomic E-state index is 12.7. The summed E-state index contributed by atoms with van der Waals surface area (Å²) in [5.74, 6) is 0.165. The van der Waals surface area contributed by atoms with Gasteiger partial charge in [0.25, 0.3) is 0 Å². The summed E-state index contributed by atoms with van der Waals surface area (Å²) in [5.41, 5.74) is 2.82. The van der Waals surface area contributed by atoms with E-state index in [9.17, 15) is 13.2 Å². The van der Waals surface area contributed by atoms with E-state index in [1.807, 2.05) is 48.5 Å². The SMILES string of the molecule is COc1ccc(N(CC(=O)Nc2ccccc2-c2ccccc2)S(C)(=O)=O)cc1.